The number of rotatable bonds is 9. The predicted octanol–water partition coefficient (Wildman–Crippen LogP) is 7.22. The molecule has 0 aromatic heterocycles. The summed E-state index contributed by atoms with van der Waals surface area (Å²) in [7, 11) is 0. The Morgan fingerprint density at radius 1 is 0.875 bits per heavy atom. The first-order chi connectivity index (χ1) is 15.3. The second-order valence-electron chi connectivity index (χ2n) is 8.64. The molecule has 32 heavy (non-hydrogen) atoms. The number of aliphatic carboxylic acids is 1. The van der Waals surface area contributed by atoms with E-state index < -0.39 is 11.9 Å². The Kier molecular flexibility index (Phi) is 7.88. The van der Waals surface area contributed by atoms with Gasteiger partial charge in [0.15, 0.2) is 0 Å². The predicted molar refractivity (Wildman–Crippen MR) is 132 cm³/mol. The number of carboxylic acids is 1. The Morgan fingerprint density at radius 2 is 1.44 bits per heavy atom. The van der Waals surface area contributed by atoms with E-state index in [2.05, 4.69) is 75.4 Å². The van der Waals surface area contributed by atoms with Gasteiger partial charge in [0.2, 0.25) is 0 Å². The van der Waals surface area contributed by atoms with E-state index in [-0.39, 0.29) is 0 Å². The molecule has 0 aliphatic rings. The van der Waals surface area contributed by atoms with Gasteiger partial charge in [-0.1, -0.05) is 81.4 Å². The first-order valence-corrected chi connectivity index (χ1v) is 11.2. The van der Waals surface area contributed by atoms with Gasteiger partial charge in [-0.2, -0.15) is 0 Å². The van der Waals surface area contributed by atoms with Gasteiger partial charge in [-0.25, -0.2) is 0 Å². The summed E-state index contributed by atoms with van der Waals surface area (Å²) in [5.41, 5.74) is 7.14. The van der Waals surface area contributed by atoms with Crippen molar-refractivity contribution in [3.8, 4) is 16.9 Å². The van der Waals surface area contributed by atoms with E-state index in [1.165, 1.54) is 27.8 Å². The average Bonchev–Trinajstić information content (AvgIpc) is 2.80. The molecular formula is C29H32O3. The molecule has 3 nitrogen and oxygen atoms in total. The van der Waals surface area contributed by atoms with Gasteiger partial charge in [0.05, 0.1) is 5.92 Å². The standard InChI is InChI=1S/C29H32O3/c1-20(2)24-7-11-26(12-8-24)27-13-9-25(10-14-27)21(3)17-18-32-28-15-5-23(6-16-28)19-22(4)29(30)31/h5-17,20,22H,18-19H2,1-4H3,(H,30,31)/b21-17+. The van der Waals surface area contributed by atoms with E-state index in [1.54, 1.807) is 6.92 Å². The molecule has 0 aliphatic carbocycles. The third-order valence-corrected chi connectivity index (χ3v) is 5.78. The van der Waals surface area contributed by atoms with E-state index in [0.717, 1.165) is 11.3 Å². The van der Waals surface area contributed by atoms with Crippen LogP contribution in [-0.2, 0) is 11.2 Å². The van der Waals surface area contributed by atoms with Crippen LogP contribution in [0, 0.1) is 5.92 Å². The fourth-order valence-corrected chi connectivity index (χ4v) is 3.53. The van der Waals surface area contributed by atoms with Crippen LogP contribution >= 0.6 is 0 Å². The van der Waals surface area contributed by atoms with Gasteiger partial charge in [0.1, 0.15) is 12.4 Å². The summed E-state index contributed by atoms with van der Waals surface area (Å²) < 4.78 is 5.84. The largest absolute Gasteiger partial charge is 0.490 e. The fraction of sp³-hybridized carbons (Fsp3) is 0.276. The lowest BCUT2D eigenvalue weighted by atomic mass is 9.97. The first kappa shape index (κ1) is 23.3. The highest BCUT2D eigenvalue weighted by Crippen LogP contribution is 2.25. The van der Waals surface area contributed by atoms with Crippen LogP contribution in [0.3, 0.4) is 0 Å². The van der Waals surface area contributed by atoms with Crippen LogP contribution in [0.4, 0.5) is 0 Å². The summed E-state index contributed by atoms with van der Waals surface area (Å²) in [6.07, 6.45) is 2.60. The van der Waals surface area contributed by atoms with Gasteiger partial charge >= 0.3 is 5.97 Å². The number of carbonyl (C=O) groups is 1. The lowest BCUT2D eigenvalue weighted by Crippen LogP contribution is -2.12. The molecule has 0 fully saturated rings. The minimum Gasteiger partial charge on any atom is -0.490 e. The maximum Gasteiger partial charge on any atom is 0.306 e. The average molecular weight is 429 g/mol. The topological polar surface area (TPSA) is 46.5 Å². The summed E-state index contributed by atoms with van der Waals surface area (Å²) in [6, 6.07) is 25.1. The zero-order chi connectivity index (χ0) is 23.1. The molecule has 3 rings (SSSR count). The zero-order valence-electron chi connectivity index (χ0n) is 19.3. The summed E-state index contributed by atoms with van der Waals surface area (Å²) in [5, 5.41) is 9.03. The molecule has 1 unspecified atom stereocenters. The highest BCUT2D eigenvalue weighted by atomic mass is 16.5. The van der Waals surface area contributed by atoms with Crippen LogP contribution in [0.5, 0.6) is 5.75 Å². The smallest absolute Gasteiger partial charge is 0.306 e. The highest BCUT2D eigenvalue weighted by Gasteiger charge is 2.11. The molecule has 0 spiro atoms. The number of benzene rings is 3. The van der Waals surface area contributed by atoms with E-state index >= 15 is 0 Å². The molecule has 0 saturated heterocycles. The molecule has 3 aromatic carbocycles. The molecule has 0 aliphatic heterocycles. The maximum atomic E-state index is 11.0. The van der Waals surface area contributed by atoms with Crippen molar-refractivity contribution >= 4 is 11.5 Å². The maximum absolute atomic E-state index is 11.0. The van der Waals surface area contributed by atoms with Crippen molar-refractivity contribution in [2.75, 3.05) is 6.61 Å². The number of hydrogen-bond donors (Lipinski definition) is 1. The molecule has 3 heteroatoms. The molecule has 0 saturated carbocycles. The summed E-state index contributed by atoms with van der Waals surface area (Å²) in [6.45, 7) is 8.71. The molecule has 0 amide bonds. The van der Waals surface area contributed by atoms with E-state index in [9.17, 15) is 4.79 Å². The zero-order valence-corrected chi connectivity index (χ0v) is 19.3. The van der Waals surface area contributed by atoms with Gasteiger partial charge in [0, 0.05) is 0 Å². The number of hydrogen-bond acceptors (Lipinski definition) is 2. The quantitative estimate of drug-likeness (QED) is 0.391. The molecule has 0 bridgehead atoms. The van der Waals surface area contributed by atoms with Crippen LogP contribution in [0.25, 0.3) is 16.7 Å². The number of carboxylic acid groups (broad SMARTS) is 1. The van der Waals surface area contributed by atoms with Gasteiger partial charge in [-0.05, 0) is 70.9 Å². The van der Waals surface area contributed by atoms with E-state index in [0.29, 0.717) is 18.9 Å². The lowest BCUT2D eigenvalue weighted by molar-refractivity contribution is -0.141. The van der Waals surface area contributed by atoms with Crippen LogP contribution in [0.1, 0.15) is 50.3 Å². The minimum absolute atomic E-state index is 0.391. The Morgan fingerprint density at radius 3 is 1.97 bits per heavy atom. The van der Waals surface area contributed by atoms with Crippen molar-refractivity contribution in [2.45, 2.75) is 40.0 Å². The van der Waals surface area contributed by atoms with Crippen molar-refractivity contribution < 1.29 is 14.6 Å². The number of allylic oxidation sites excluding steroid dienone is 1. The molecule has 1 atom stereocenters. The minimum atomic E-state index is -0.775. The molecular weight excluding hydrogens is 396 g/mol. The summed E-state index contributed by atoms with van der Waals surface area (Å²) in [4.78, 5) is 11.0. The van der Waals surface area contributed by atoms with Crippen LogP contribution in [0.2, 0.25) is 0 Å². The molecule has 0 heterocycles. The highest BCUT2D eigenvalue weighted by molar-refractivity contribution is 5.70. The normalized spacial score (nSPS) is 12.6. The molecule has 0 radical (unpaired) electrons. The van der Waals surface area contributed by atoms with Gasteiger partial charge in [-0.3, -0.25) is 4.79 Å². The SMILES string of the molecule is C/C(=C\COc1ccc(CC(C)C(=O)O)cc1)c1ccc(-c2ccc(C(C)C)cc2)cc1. The first-order valence-electron chi connectivity index (χ1n) is 11.2. The van der Waals surface area contributed by atoms with Crippen molar-refractivity contribution in [3.05, 3.63) is 95.6 Å². The second kappa shape index (κ2) is 10.8. The molecule has 1 N–H and O–H groups in total. The van der Waals surface area contributed by atoms with E-state index in [1.807, 2.05) is 24.3 Å². The third kappa shape index (κ3) is 6.34. The van der Waals surface area contributed by atoms with Gasteiger partial charge in [-0.15, -0.1) is 0 Å². The lowest BCUT2D eigenvalue weighted by Gasteiger charge is -2.09. The third-order valence-electron chi connectivity index (χ3n) is 5.78. The van der Waals surface area contributed by atoms with Crippen molar-refractivity contribution in [1.29, 1.82) is 0 Å². The van der Waals surface area contributed by atoms with Crippen LogP contribution < -0.4 is 4.74 Å². The Balaban J connectivity index is 1.56. The Hall–Kier alpha value is -3.33. The molecule has 3 aromatic rings. The monoisotopic (exact) mass is 428 g/mol. The van der Waals surface area contributed by atoms with Crippen molar-refractivity contribution in [2.24, 2.45) is 5.92 Å². The van der Waals surface area contributed by atoms with E-state index in [4.69, 9.17) is 9.84 Å². The van der Waals surface area contributed by atoms with Crippen LogP contribution in [-0.4, -0.2) is 17.7 Å². The number of ether oxygens (including phenoxy) is 1. The summed E-state index contributed by atoms with van der Waals surface area (Å²) in [5.74, 6) is 0.155. The van der Waals surface area contributed by atoms with Crippen LogP contribution in [0.15, 0.2) is 78.9 Å². The van der Waals surface area contributed by atoms with Crippen molar-refractivity contribution in [1.82, 2.24) is 0 Å². The Labute approximate surface area is 191 Å². The Bertz CT molecular complexity index is 1040. The fourth-order valence-electron chi connectivity index (χ4n) is 3.53. The summed E-state index contributed by atoms with van der Waals surface area (Å²) >= 11 is 0. The van der Waals surface area contributed by atoms with Crippen molar-refractivity contribution in [3.63, 3.8) is 0 Å². The van der Waals surface area contributed by atoms with Gasteiger partial charge < -0.3 is 9.84 Å². The second-order valence-corrected chi connectivity index (χ2v) is 8.64. The van der Waals surface area contributed by atoms with Gasteiger partial charge in [0.25, 0.3) is 0 Å². The molecule has 166 valence electrons.